The molecular weight excluding hydrogens is 220 g/mol. The molecule has 2 atom stereocenters. The van der Waals surface area contributed by atoms with E-state index in [1.54, 1.807) is 23.2 Å². The molecule has 0 aliphatic carbocycles. The van der Waals surface area contributed by atoms with Crippen LogP contribution in [0.25, 0.3) is 0 Å². The van der Waals surface area contributed by atoms with Gasteiger partial charge in [0.2, 0.25) is 0 Å². The largest absolute Gasteiger partial charge is 0.481 e. The minimum absolute atomic E-state index is 0.00637. The van der Waals surface area contributed by atoms with Gasteiger partial charge in [-0.2, -0.15) is 0 Å². The van der Waals surface area contributed by atoms with Gasteiger partial charge in [-0.15, -0.1) is 0 Å². The maximum atomic E-state index is 12.1. The average Bonchev–Trinajstić information content (AvgIpc) is 2.71. The van der Waals surface area contributed by atoms with Gasteiger partial charge in [0, 0.05) is 25.5 Å². The smallest absolute Gasteiger partial charge is 0.308 e. The Hall–Kier alpha value is -1.91. The standard InChI is InChI=1S/C12H14N2O3/c1-8-6-14(7-10(8)12(16)17)11(15)9-3-2-4-13-5-9/h2-5,8,10H,6-7H2,1H3,(H,16,17). The number of carboxylic acids is 1. The van der Waals surface area contributed by atoms with Gasteiger partial charge in [0.1, 0.15) is 0 Å². The lowest BCUT2D eigenvalue weighted by molar-refractivity contribution is -0.142. The van der Waals surface area contributed by atoms with Gasteiger partial charge < -0.3 is 10.0 Å². The van der Waals surface area contributed by atoms with E-state index in [0.29, 0.717) is 12.1 Å². The zero-order valence-electron chi connectivity index (χ0n) is 9.54. The number of carboxylic acid groups (broad SMARTS) is 1. The van der Waals surface area contributed by atoms with Crippen LogP contribution in [-0.4, -0.2) is 40.0 Å². The lowest BCUT2D eigenvalue weighted by atomic mass is 9.99. The first-order valence-corrected chi connectivity index (χ1v) is 5.51. The molecule has 0 bridgehead atoms. The number of aliphatic carboxylic acids is 1. The molecule has 1 amide bonds. The zero-order valence-corrected chi connectivity index (χ0v) is 9.54. The molecule has 0 spiro atoms. The molecule has 17 heavy (non-hydrogen) atoms. The van der Waals surface area contributed by atoms with Crippen LogP contribution in [0.15, 0.2) is 24.5 Å². The Morgan fingerprint density at radius 2 is 2.24 bits per heavy atom. The van der Waals surface area contributed by atoms with Crippen molar-refractivity contribution in [1.29, 1.82) is 0 Å². The van der Waals surface area contributed by atoms with E-state index in [9.17, 15) is 9.59 Å². The van der Waals surface area contributed by atoms with Crippen LogP contribution in [0.2, 0.25) is 0 Å². The second kappa shape index (κ2) is 4.53. The first kappa shape index (κ1) is 11.6. The van der Waals surface area contributed by atoms with Gasteiger partial charge in [-0.3, -0.25) is 14.6 Å². The molecule has 5 heteroatoms. The van der Waals surface area contributed by atoms with Crippen molar-refractivity contribution in [2.24, 2.45) is 11.8 Å². The Labute approximate surface area is 99.1 Å². The molecule has 2 unspecified atom stereocenters. The van der Waals surface area contributed by atoms with Gasteiger partial charge in [-0.25, -0.2) is 0 Å². The highest BCUT2D eigenvalue weighted by Crippen LogP contribution is 2.24. The molecule has 5 nitrogen and oxygen atoms in total. The van der Waals surface area contributed by atoms with Crippen molar-refractivity contribution in [3.63, 3.8) is 0 Å². The molecule has 2 heterocycles. The summed E-state index contributed by atoms with van der Waals surface area (Å²) < 4.78 is 0. The number of aromatic nitrogens is 1. The maximum absolute atomic E-state index is 12.1. The highest BCUT2D eigenvalue weighted by molar-refractivity contribution is 5.94. The molecule has 1 N–H and O–H groups in total. The summed E-state index contributed by atoms with van der Waals surface area (Å²) in [5, 5.41) is 9.00. The van der Waals surface area contributed by atoms with E-state index in [1.807, 2.05) is 6.92 Å². The number of pyridine rings is 1. The van der Waals surface area contributed by atoms with Gasteiger partial charge in [-0.1, -0.05) is 6.92 Å². The number of hydrogen-bond acceptors (Lipinski definition) is 3. The molecule has 1 aliphatic rings. The van der Waals surface area contributed by atoms with Gasteiger partial charge in [0.05, 0.1) is 11.5 Å². The average molecular weight is 234 g/mol. The number of carbonyl (C=O) groups is 2. The second-order valence-corrected chi connectivity index (χ2v) is 4.37. The first-order chi connectivity index (χ1) is 8.09. The Morgan fingerprint density at radius 3 is 2.76 bits per heavy atom. The fourth-order valence-electron chi connectivity index (χ4n) is 2.13. The predicted octanol–water partition coefficient (Wildman–Crippen LogP) is 0.874. The van der Waals surface area contributed by atoms with Crippen LogP contribution in [0.5, 0.6) is 0 Å². The molecule has 1 aromatic rings. The van der Waals surface area contributed by atoms with Gasteiger partial charge in [0.25, 0.3) is 5.91 Å². The summed E-state index contributed by atoms with van der Waals surface area (Å²) in [5.74, 6) is -1.45. The van der Waals surface area contributed by atoms with Crippen LogP contribution in [0, 0.1) is 11.8 Å². The van der Waals surface area contributed by atoms with E-state index in [1.165, 1.54) is 6.20 Å². The molecule has 0 saturated carbocycles. The van der Waals surface area contributed by atoms with Crippen LogP contribution in [-0.2, 0) is 4.79 Å². The Bertz CT molecular complexity index is 433. The summed E-state index contributed by atoms with van der Waals surface area (Å²) in [5.41, 5.74) is 0.505. The van der Waals surface area contributed by atoms with E-state index in [0.717, 1.165) is 0 Å². The zero-order chi connectivity index (χ0) is 12.4. The van der Waals surface area contributed by atoms with Crippen LogP contribution in [0.3, 0.4) is 0 Å². The van der Waals surface area contributed by atoms with E-state index < -0.39 is 11.9 Å². The lowest BCUT2D eigenvalue weighted by Crippen LogP contribution is -2.29. The molecule has 90 valence electrons. The maximum Gasteiger partial charge on any atom is 0.308 e. The quantitative estimate of drug-likeness (QED) is 0.824. The van der Waals surface area contributed by atoms with Gasteiger partial charge >= 0.3 is 5.97 Å². The van der Waals surface area contributed by atoms with Crippen molar-refractivity contribution in [3.05, 3.63) is 30.1 Å². The third kappa shape index (κ3) is 2.27. The molecule has 1 aromatic heterocycles. The summed E-state index contributed by atoms with van der Waals surface area (Å²) in [6.45, 7) is 2.63. The van der Waals surface area contributed by atoms with Crippen molar-refractivity contribution in [2.45, 2.75) is 6.92 Å². The Morgan fingerprint density at radius 1 is 1.47 bits per heavy atom. The minimum Gasteiger partial charge on any atom is -0.481 e. The highest BCUT2D eigenvalue weighted by atomic mass is 16.4. The molecule has 1 fully saturated rings. The van der Waals surface area contributed by atoms with Crippen molar-refractivity contribution in [2.75, 3.05) is 13.1 Å². The number of likely N-dealkylation sites (tertiary alicyclic amines) is 1. The van der Waals surface area contributed by atoms with Gasteiger partial charge in [0.15, 0.2) is 0 Å². The molecule has 0 radical (unpaired) electrons. The van der Waals surface area contributed by atoms with Crippen molar-refractivity contribution >= 4 is 11.9 Å². The fourth-order valence-corrected chi connectivity index (χ4v) is 2.13. The molecule has 1 aliphatic heterocycles. The van der Waals surface area contributed by atoms with E-state index in [4.69, 9.17) is 5.11 Å². The molecule has 0 aromatic carbocycles. The first-order valence-electron chi connectivity index (χ1n) is 5.51. The third-order valence-electron chi connectivity index (χ3n) is 3.13. The van der Waals surface area contributed by atoms with Crippen LogP contribution < -0.4 is 0 Å². The van der Waals surface area contributed by atoms with Crippen LogP contribution in [0.4, 0.5) is 0 Å². The molecule has 1 saturated heterocycles. The van der Waals surface area contributed by atoms with E-state index in [-0.39, 0.29) is 18.4 Å². The molecular formula is C12H14N2O3. The Balaban J connectivity index is 2.11. The van der Waals surface area contributed by atoms with Crippen molar-refractivity contribution in [1.82, 2.24) is 9.88 Å². The Kier molecular flexibility index (Phi) is 3.08. The minimum atomic E-state index is -0.834. The van der Waals surface area contributed by atoms with E-state index >= 15 is 0 Å². The van der Waals surface area contributed by atoms with Crippen LogP contribution in [0.1, 0.15) is 17.3 Å². The van der Waals surface area contributed by atoms with Gasteiger partial charge in [-0.05, 0) is 18.1 Å². The number of hydrogen-bond donors (Lipinski definition) is 1. The predicted molar refractivity (Wildman–Crippen MR) is 60.4 cm³/mol. The summed E-state index contributed by atoms with van der Waals surface area (Å²) in [7, 11) is 0. The summed E-state index contributed by atoms with van der Waals surface area (Å²) in [4.78, 5) is 28.5. The molecule has 2 rings (SSSR count). The summed E-state index contributed by atoms with van der Waals surface area (Å²) >= 11 is 0. The van der Waals surface area contributed by atoms with Crippen LogP contribution >= 0.6 is 0 Å². The van der Waals surface area contributed by atoms with Crippen molar-refractivity contribution in [3.8, 4) is 0 Å². The van der Waals surface area contributed by atoms with Crippen molar-refractivity contribution < 1.29 is 14.7 Å². The lowest BCUT2D eigenvalue weighted by Gasteiger charge is -2.15. The summed E-state index contributed by atoms with van der Waals surface area (Å²) in [6.07, 6.45) is 3.10. The highest BCUT2D eigenvalue weighted by Gasteiger charge is 2.37. The number of carbonyl (C=O) groups excluding carboxylic acids is 1. The normalized spacial score (nSPS) is 23.7. The SMILES string of the molecule is CC1CN(C(=O)c2cccnc2)CC1C(=O)O. The monoisotopic (exact) mass is 234 g/mol. The van der Waals surface area contributed by atoms with E-state index in [2.05, 4.69) is 4.98 Å². The number of rotatable bonds is 2. The fraction of sp³-hybridized carbons (Fsp3) is 0.417. The topological polar surface area (TPSA) is 70.5 Å². The third-order valence-corrected chi connectivity index (χ3v) is 3.13. The summed E-state index contributed by atoms with van der Waals surface area (Å²) in [6, 6.07) is 3.38. The number of amides is 1. The second-order valence-electron chi connectivity index (χ2n) is 4.37. The number of nitrogens with zero attached hydrogens (tertiary/aromatic N) is 2.